The molecule has 0 saturated carbocycles. The summed E-state index contributed by atoms with van der Waals surface area (Å²) in [5.41, 5.74) is -3.80. The van der Waals surface area contributed by atoms with Crippen LogP contribution in [0.15, 0.2) is 23.1 Å². The standard InChI is InChI=1S/C24H23F3N4O6/c1-11-3-4-24(7-18(32)29(2)37-24)17-10-30(11)23(36)19-21(34)20(33)14(9-31(17)19)22(35)28-8-13-15(26)5-12(25)6-16(13)27/h5-6,9,11,17,34H,3-4,7-8,10H2,1-2H3,(H,28,35)/t11-,17+,24-/m0/s1. The van der Waals surface area contributed by atoms with E-state index in [-0.39, 0.29) is 30.6 Å². The molecule has 3 amide bonds. The average Bonchev–Trinajstić information content (AvgIpc) is 3.05. The summed E-state index contributed by atoms with van der Waals surface area (Å²) in [6.07, 6.45) is 1.95. The lowest BCUT2D eigenvalue weighted by molar-refractivity contribution is -0.202. The Bertz CT molecular complexity index is 1390. The number of fused-ring (bicyclic) bond motifs is 5. The summed E-state index contributed by atoms with van der Waals surface area (Å²) < 4.78 is 42.5. The van der Waals surface area contributed by atoms with Gasteiger partial charge in [-0.25, -0.2) is 18.2 Å². The van der Waals surface area contributed by atoms with Crippen LogP contribution in [0.5, 0.6) is 5.75 Å². The van der Waals surface area contributed by atoms with E-state index < -0.39 is 69.8 Å². The number of hydrogen-bond donors (Lipinski definition) is 2. The molecule has 37 heavy (non-hydrogen) atoms. The largest absolute Gasteiger partial charge is 0.503 e. The summed E-state index contributed by atoms with van der Waals surface area (Å²) in [5, 5.41) is 14.1. The quantitative estimate of drug-likeness (QED) is 0.635. The number of benzene rings is 1. The fraction of sp³-hybridized carbons (Fsp3) is 0.417. The van der Waals surface area contributed by atoms with Crippen molar-refractivity contribution >= 4 is 17.7 Å². The van der Waals surface area contributed by atoms with Gasteiger partial charge in [0.05, 0.1) is 12.5 Å². The third kappa shape index (κ3) is 3.84. The first-order valence-electron chi connectivity index (χ1n) is 11.6. The van der Waals surface area contributed by atoms with Gasteiger partial charge in [0.25, 0.3) is 11.8 Å². The molecule has 2 aromatic rings. The first kappa shape index (κ1) is 24.8. The van der Waals surface area contributed by atoms with E-state index in [1.807, 2.05) is 6.92 Å². The van der Waals surface area contributed by atoms with Gasteiger partial charge in [-0.3, -0.25) is 24.0 Å². The summed E-state index contributed by atoms with van der Waals surface area (Å²) in [7, 11) is 1.47. The minimum Gasteiger partial charge on any atom is -0.503 e. The van der Waals surface area contributed by atoms with E-state index in [1.165, 1.54) is 16.5 Å². The Kier molecular flexibility index (Phi) is 5.77. The van der Waals surface area contributed by atoms with Crippen LogP contribution in [-0.4, -0.2) is 62.6 Å². The highest BCUT2D eigenvalue weighted by molar-refractivity contribution is 5.99. The Hall–Kier alpha value is -3.87. The number of carbonyl (C=O) groups is 3. The van der Waals surface area contributed by atoms with Gasteiger partial charge in [-0.05, 0) is 19.8 Å². The monoisotopic (exact) mass is 520 g/mol. The molecule has 10 nitrogen and oxygen atoms in total. The van der Waals surface area contributed by atoms with Gasteiger partial charge >= 0.3 is 0 Å². The van der Waals surface area contributed by atoms with Gasteiger partial charge in [0.1, 0.15) is 28.6 Å². The van der Waals surface area contributed by atoms with Crippen LogP contribution in [0.1, 0.15) is 58.6 Å². The zero-order chi connectivity index (χ0) is 26.8. The van der Waals surface area contributed by atoms with Gasteiger partial charge in [-0.15, -0.1) is 0 Å². The van der Waals surface area contributed by atoms with Crippen molar-refractivity contribution in [3.05, 3.63) is 62.8 Å². The van der Waals surface area contributed by atoms with Gasteiger partial charge in [0.2, 0.25) is 11.3 Å². The second-order valence-corrected chi connectivity index (χ2v) is 9.59. The molecule has 1 aromatic heterocycles. The number of hydrogen-bond acceptors (Lipinski definition) is 6. The lowest BCUT2D eigenvalue weighted by Gasteiger charge is -2.42. The minimum atomic E-state index is -1.23. The Morgan fingerprint density at radius 2 is 1.89 bits per heavy atom. The second kappa shape index (κ2) is 8.61. The fourth-order valence-corrected chi connectivity index (χ4v) is 5.35. The van der Waals surface area contributed by atoms with Crippen molar-refractivity contribution in [2.24, 2.45) is 0 Å². The number of aromatic hydroxyl groups is 1. The van der Waals surface area contributed by atoms with E-state index >= 15 is 0 Å². The average molecular weight is 520 g/mol. The number of nitrogens with one attached hydrogen (secondary N) is 1. The third-order valence-corrected chi connectivity index (χ3v) is 7.40. The smallest absolute Gasteiger partial charge is 0.274 e. The van der Waals surface area contributed by atoms with Gasteiger partial charge < -0.3 is 19.9 Å². The predicted octanol–water partition coefficient (Wildman–Crippen LogP) is 1.61. The maximum atomic E-state index is 14.0. The number of pyridine rings is 1. The molecule has 13 heteroatoms. The number of rotatable bonds is 3. The van der Waals surface area contributed by atoms with E-state index in [2.05, 4.69) is 5.32 Å². The van der Waals surface area contributed by atoms with Crippen LogP contribution < -0.4 is 10.7 Å². The van der Waals surface area contributed by atoms with Crippen molar-refractivity contribution in [3.8, 4) is 5.75 Å². The summed E-state index contributed by atoms with van der Waals surface area (Å²) >= 11 is 0. The lowest BCUT2D eigenvalue weighted by Crippen LogP contribution is -2.52. The Labute approximate surface area is 208 Å². The normalized spacial score (nSPS) is 24.9. The van der Waals surface area contributed by atoms with Crippen LogP contribution in [0.4, 0.5) is 13.2 Å². The molecule has 0 aliphatic carbocycles. The van der Waals surface area contributed by atoms with Crippen LogP contribution in [0.2, 0.25) is 0 Å². The van der Waals surface area contributed by atoms with Crippen LogP contribution in [-0.2, 0) is 16.2 Å². The molecular weight excluding hydrogens is 497 g/mol. The lowest BCUT2D eigenvalue weighted by atomic mass is 9.85. The number of amides is 3. The van der Waals surface area contributed by atoms with Crippen LogP contribution in [0.3, 0.4) is 0 Å². The Morgan fingerprint density at radius 1 is 1.22 bits per heavy atom. The van der Waals surface area contributed by atoms with Crippen molar-refractivity contribution in [3.63, 3.8) is 0 Å². The molecule has 3 aliphatic heterocycles. The molecule has 3 atom stereocenters. The van der Waals surface area contributed by atoms with Crippen LogP contribution >= 0.6 is 0 Å². The Morgan fingerprint density at radius 3 is 2.51 bits per heavy atom. The molecule has 0 unspecified atom stereocenters. The fourth-order valence-electron chi connectivity index (χ4n) is 5.35. The number of nitrogens with zero attached hydrogens (tertiary/aromatic N) is 3. The maximum Gasteiger partial charge on any atom is 0.274 e. The topological polar surface area (TPSA) is 121 Å². The molecule has 2 saturated heterocycles. The van der Waals surface area contributed by atoms with Crippen molar-refractivity contribution in [2.45, 2.75) is 50.4 Å². The number of aromatic nitrogens is 1. The van der Waals surface area contributed by atoms with Crippen molar-refractivity contribution in [1.82, 2.24) is 19.8 Å². The maximum absolute atomic E-state index is 14.0. The highest BCUT2D eigenvalue weighted by Gasteiger charge is 2.56. The third-order valence-electron chi connectivity index (χ3n) is 7.40. The van der Waals surface area contributed by atoms with E-state index in [0.717, 1.165) is 11.3 Å². The molecule has 3 aliphatic rings. The summed E-state index contributed by atoms with van der Waals surface area (Å²) in [6, 6.07) is -0.100. The van der Waals surface area contributed by atoms with Gasteiger partial charge in [0, 0.05) is 50.1 Å². The van der Waals surface area contributed by atoms with Crippen molar-refractivity contribution < 1.29 is 37.5 Å². The van der Waals surface area contributed by atoms with E-state index in [0.29, 0.717) is 25.0 Å². The van der Waals surface area contributed by atoms with Crippen molar-refractivity contribution in [1.29, 1.82) is 0 Å². The Balaban J connectivity index is 1.56. The summed E-state index contributed by atoms with van der Waals surface area (Å²) in [4.78, 5) is 59.0. The van der Waals surface area contributed by atoms with Crippen molar-refractivity contribution in [2.75, 3.05) is 13.6 Å². The zero-order valence-corrected chi connectivity index (χ0v) is 19.9. The first-order valence-corrected chi connectivity index (χ1v) is 11.6. The van der Waals surface area contributed by atoms with Crippen LogP contribution in [0.25, 0.3) is 0 Å². The molecular formula is C24H23F3N4O6. The summed E-state index contributed by atoms with van der Waals surface area (Å²) in [6.45, 7) is 1.21. The van der Waals surface area contributed by atoms with E-state index in [4.69, 9.17) is 4.84 Å². The van der Waals surface area contributed by atoms with E-state index in [1.54, 1.807) is 0 Å². The molecule has 2 fully saturated rings. The van der Waals surface area contributed by atoms with E-state index in [9.17, 15) is 37.5 Å². The van der Waals surface area contributed by atoms with Crippen LogP contribution in [0, 0.1) is 17.5 Å². The first-order chi connectivity index (χ1) is 17.4. The molecule has 2 bridgehead atoms. The highest BCUT2D eigenvalue weighted by Crippen LogP contribution is 2.46. The SMILES string of the molecule is C[C@H]1CC[C@]2(CC(=O)N(C)O2)[C@H]2CN1C(=O)c1c(O)c(=O)c(C(=O)NCc3c(F)cc(F)cc3F)cn12. The number of halogens is 3. The second-order valence-electron chi connectivity index (χ2n) is 9.59. The van der Waals surface area contributed by atoms with Gasteiger partial charge in [0.15, 0.2) is 11.4 Å². The van der Waals surface area contributed by atoms with Gasteiger partial charge in [-0.1, -0.05) is 0 Å². The molecule has 1 aromatic carbocycles. The van der Waals surface area contributed by atoms with Gasteiger partial charge in [-0.2, -0.15) is 0 Å². The zero-order valence-electron chi connectivity index (χ0n) is 19.9. The molecule has 2 N–H and O–H groups in total. The molecule has 5 rings (SSSR count). The molecule has 1 spiro atoms. The predicted molar refractivity (Wildman–Crippen MR) is 120 cm³/mol. The highest BCUT2D eigenvalue weighted by atomic mass is 19.1. The number of hydroxylamine groups is 2. The molecule has 4 heterocycles. The minimum absolute atomic E-state index is 0.0140. The molecule has 196 valence electrons. The number of carbonyl (C=O) groups excluding carboxylic acids is 3. The molecule has 0 radical (unpaired) electrons. The summed E-state index contributed by atoms with van der Waals surface area (Å²) in [5.74, 6) is -6.53.